The van der Waals surface area contributed by atoms with Crippen LogP contribution in [0.4, 0.5) is 4.79 Å². The van der Waals surface area contributed by atoms with Crippen LogP contribution < -0.4 is 27.2 Å². The molecule has 0 atom stereocenters. The van der Waals surface area contributed by atoms with Crippen LogP contribution in [0.1, 0.15) is 91.8 Å². The van der Waals surface area contributed by atoms with Crippen LogP contribution in [0.15, 0.2) is 9.59 Å². The van der Waals surface area contributed by atoms with Crippen LogP contribution in [0.3, 0.4) is 0 Å². The lowest BCUT2D eigenvalue weighted by Gasteiger charge is -2.51. The Morgan fingerprint density at radius 3 is 2.10 bits per heavy atom. The highest BCUT2D eigenvalue weighted by Gasteiger charge is 2.54. The lowest BCUT2D eigenvalue weighted by Crippen LogP contribution is -2.52. The zero-order chi connectivity index (χ0) is 35.0. The van der Waals surface area contributed by atoms with Crippen molar-refractivity contribution >= 4 is 29.1 Å². The molecule has 268 valence electrons. The molecule has 2 aromatic heterocycles. The predicted octanol–water partition coefficient (Wildman–Crippen LogP) is 2.09. The number of aromatic nitrogens is 4. The summed E-state index contributed by atoms with van der Waals surface area (Å²) in [7, 11) is 0. The second-order valence-corrected chi connectivity index (χ2v) is 13.9. The van der Waals surface area contributed by atoms with Crippen molar-refractivity contribution in [1.29, 1.82) is 0 Å². The van der Waals surface area contributed by atoms with Crippen LogP contribution >= 0.6 is 0 Å². The van der Waals surface area contributed by atoms with Gasteiger partial charge in [0.2, 0.25) is 11.8 Å². The lowest BCUT2D eigenvalue weighted by molar-refractivity contribution is -0.138. The summed E-state index contributed by atoms with van der Waals surface area (Å²) in [5.74, 6) is 0.461. The summed E-state index contributed by atoms with van der Waals surface area (Å²) in [6.45, 7) is 11.7. The average Bonchev–Trinajstić information content (AvgIpc) is 3.51. The maximum Gasteiger partial charge on any atom is 0.407 e. The Bertz CT molecular complexity index is 1530. The zero-order valence-corrected chi connectivity index (χ0v) is 29.1. The van der Waals surface area contributed by atoms with Crippen molar-refractivity contribution in [3.05, 3.63) is 26.7 Å². The molecule has 2 bridgehead atoms. The van der Waals surface area contributed by atoms with Gasteiger partial charge in [0, 0.05) is 43.6 Å². The molecule has 3 fully saturated rings. The number of nitrogens with one attached hydrogen (secondary N) is 4. The fourth-order valence-corrected chi connectivity index (χ4v) is 6.69. The first-order valence-corrected chi connectivity index (χ1v) is 17.3. The minimum absolute atomic E-state index is 0.00319. The van der Waals surface area contributed by atoms with Gasteiger partial charge in [-0.2, -0.15) is 0 Å². The monoisotopic (exact) mass is 675 g/mol. The maximum atomic E-state index is 13.3. The van der Waals surface area contributed by atoms with E-state index >= 15 is 0 Å². The third-order valence-electron chi connectivity index (χ3n) is 9.24. The van der Waals surface area contributed by atoms with E-state index in [1.165, 1.54) is 4.57 Å². The number of nitrogens with zero attached hydrogens (tertiary/aromatic N) is 3. The number of imidazole rings is 1. The largest absolute Gasteiger partial charge is 0.444 e. The SMILES string of the molecule is CCCn1c(=O)c2[nH]c(C34CCC(C(=O)NCCNC(=O)COCCOCCNC(=O)OC(C)(C)C)(CC3)CC4)nc2n(CCC)c1=O. The van der Waals surface area contributed by atoms with Gasteiger partial charge in [-0.1, -0.05) is 13.8 Å². The van der Waals surface area contributed by atoms with E-state index in [2.05, 4.69) is 20.9 Å². The van der Waals surface area contributed by atoms with Crippen LogP contribution in [-0.4, -0.2) is 88.7 Å². The molecule has 3 aliphatic carbocycles. The highest BCUT2D eigenvalue weighted by molar-refractivity contribution is 5.83. The van der Waals surface area contributed by atoms with Gasteiger partial charge < -0.3 is 35.1 Å². The topological polar surface area (TPSA) is 188 Å². The molecule has 15 heteroatoms. The first-order chi connectivity index (χ1) is 22.8. The van der Waals surface area contributed by atoms with Gasteiger partial charge in [0.15, 0.2) is 5.65 Å². The Labute approximate surface area is 280 Å². The van der Waals surface area contributed by atoms with Gasteiger partial charge in [-0.15, -0.1) is 0 Å². The lowest BCUT2D eigenvalue weighted by atomic mass is 9.53. The van der Waals surface area contributed by atoms with E-state index < -0.39 is 17.1 Å². The molecular formula is C33H53N7O8. The number of carbonyl (C=O) groups excluding carboxylic acids is 3. The van der Waals surface area contributed by atoms with Gasteiger partial charge in [-0.25, -0.2) is 14.6 Å². The molecule has 3 aliphatic rings. The second-order valence-electron chi connectivity index (χ2n) is 13.9. The van der Waals surface area contributed by atoms with Crippen molar-refractivity contribution < 1.29 is 28.6 Å². The number of carbonyl (C=O) groups is 3. The van der Waals surface area contributed by atoms with Gasteiger partial charge in [0.05, 0.1) is 19.8 Å². The first kappa shape index (κ1) is 37.1. The molecule has 48 heavy (non-hydrogen) atoms. The smallest absolute Gasteiger partial charge is 0.407 e. The molecule has 0 spiro atoms. The summed E-state index contributed by atoms with van der Waals surface area (Å²) in [6, 6.07) is 0. The van der Waals surface area contributed by atoms with Gasteiger partial charge in [-0.3, -0.25) is 23.5 Å². The molecule has 3 amide bonds. The second kappa shape index (κ2) is 16.1. The fourth-order valence-electron chi connectivity index (χ4n) is 6.69. The highest BCUT2D eigenvalue weighted by Crippen LogP contribution is 2.57. The van der Waals surface area contributed by atoms with E-state index in [0.29, 0.717) is 69.6 Å². The molecule has 4 N–H and O–H groups in total. The molecule has 2 aromatic rings. The normalized spacial score (nSPS) is 20.5. The number of fused-ring (bicyclic) bond motifs is 4. The number of rotatable bonds is 17. The third kappa shape index (κ3) is 8.84. The number of hydrogen-bond donors (Lipinski definition) is 4. The minimum atomic E-state index is -0.559. The average molecular weight is 676 g/mol. The fraction of sp³-hybridized carbons (Fsp3) is 0.758. The van der Waals surface area contributed by atoms with Crippen molar-refractivity contribution in [1.82, 2.24) is 35.1 Å². The number of amides is 3. The number of ether oxygens (including phenoxy) is 3. The summed E-state index contributed by atoms with van der Waals surface area (Å²) >= 11 is 0. The van der Waals surface area contributed by atoms with E-state index in [9.17, 15) is 24.0 Å². The zero-order valence-electron chi connectivity index (χ0n) is 29.1. The number of aryl methyl sites for hydroxylation is 1. The summed E-state index contributed by atoms with van der Waals surface area (Å²) in [5.41, 5.74) is -1.11. The van der Waals surface area contributed by atoms with Crippen LogP contribution in [0.25, 0.3) is 11.2 Å². The quantitative estimate of drug-likeness (QED) is 0.182. The maximum absolute atomic E-state index is 13.3. The predicted molar refractivity (Wildman–Crippen MR) is 179 cm³/mol. The number of aromatic amines is 1. The van der Waals surface area contributed by atoms with Crippen molar-refractivity contribution in [2.45, 2.75) is 110 Å². The molecule has 5 rings (SSSR count). The third-order valence-corrected chi connectivity index (χ3v) is 9.24. The molecular weight excluding hydrogens is 622 g/mol. The Morgan fingerprint density at radius 1 is 0.833 bits per heavy atom. The van der Waals surface area contributed by atoms with Gasteiger partial charge in [0.1, 0.15) is 23.5 Å². The van der Waals surface area contributed by atoms with Crippen molar-refractivity contribution in [2.24, 2.45) is 5.41 Å². The molecule has 15 nitrogen and oxygen atoms in total. The standard InChI is InChI=1S/C33H53N7O8/c1-6-17-39-25-24(26(42)40(18-7-2)30(39)45)37-27(38-25)32-8-11-33(12-9-32,13-10-32)28(43)35-15-14-34-23(41)22-47-21-20-46-19-16-36-29(44)48-31(3,4)5/h6-22H2,1-5H3,(H,34,41)(H,35,43)(H,36,44)(H,37,38). The minimum Gasteiger partial charge on any atom is -0.444 e. The number of alkyl carbamates (subject to hydrolysis) is 1. The van der Waals surface area contributed by atoms with Crippen molar-refractivity contribution in [3.63, 3.8) is 0 Å². The van der Waals surface area contributed by atoms with E-state index in [4.69, 9.17) is 19.2 Å². The summed E-state index contributed by atoms with van der Waals surface area (Å²) in [6.07, 6.45) is 5.33. The van der Waals surface area contributed by atoms with Crippen LogP contribution in [-0.2, 0) is 42.3 Å². The molecule has 3 saturated carbocycles. The van der Waals surface area contributed by atoms with E-state index in [1.807, 2.05) is 13.8 Å². The first-order valence-electron chi connectivity index (χ1n) is 17.3. The van der Waals surface area contributed by atoms with Gasteiger partial charge >= 0.3 is 11.8 Å². The van der Waals surface area contributed by atoms with E-state index in [1.54, 1.807) is 25.3 Å². The molecule has 0 unspecified atom stereocenters. The Balaban J connectivity index is 1.17. The Morgan fingerprint density at radius 2 is 1.46 bits per heavy atom. The van der Waals surface area contributed by atoms with Crippen molar-refractivity contribution in [2.75, 3.05) is 46.1 Å². The summed E-state index contributed by atoms with van der Waals surface area (Å²) in [4.78, 5) is 71.6. The van der Waals surface area contributed by atoms with Gasteiger partial charge in [-0.05, 0) is 72.1 Å². The highest BCUT2D eigenvalue weighted by atomic mass is 16.6. The summed E-state index contributed by atoms with van der Waals surface area (Å²) in [5, 5.41) is 8.36. The van der Waals surface area contributed by atoms with Crippen LogP contribution in [0.2, 0.25) is 0 Å². The number of hydrogen-bond acceptors (Lipinski definition) is 9. The molecule has 2 heterocycles. The van der Waals surface area contributed by atoms with Crippen LogP contribution in [0.5, 0.6) is 0 Å². The van der Waals surface area contributed by atoms with Gasteiger partial charge in [0.25, 0.3) is 5.56 Å². The van der Waals surface area contributed by atoms with E-state index in [0.717, 1.165) is 31.5 Å². The molecule has 0 saturated heterocycles. The molecule has 0 aliphatic heterocycles. The van der Waals surface area contributed by atoms with Crippen LogP contribution in [0, 0.1) is 5.41 Å². The summed E-state index contributed by atoms with van der Waals surface area (Å²) < 4.78 is 18.8. The Hall–Kier alpha value is -3.72. The van der Waals surface area contributed by atoms with E-state index in [-0.39, 0.29) is 54.8 Å². The molecule has 0 aromatic carbocycles. The Kier molecular flexibility index (Phi) is 12.5. The number of H-pyrrole nitrogens is 1. The molecule has 0 radical (unpaired) electrons. The van der Waals surface area contributed by atoms with Crippen molar-refractivity contribution in [3.8, 4) is 0 Å².